The van der Waals surface area contributed by atoms with Gasteiger partial charge in [0.25, 0.3) is 0 Å². The monoisotopic (exact) mass is 365 g/mol. The van der Waals surface area contributed by atoms with E-state index in [1.54, 1.807) is 4.90 Å². The number of hydrogen-bond acceptors (Lipinski definition) is 3. The van der Waals surface area contributed by atoms with Crippen molar-refractivity contribution in [3.05, 3.63) is 58.8 Å². The highest BCUT2D eigenvalue weighted by molar-refractivity contribution is 5.94. The third-order valence-corrected chi connectivity index (χ3v) is 5.25. The van der Waals surface area contributed by atoms with Crippen molar-refractivity contribution in [2.75, 3.05) is 13.6 Å². The van der Waals surface area contributed by atoms with Crippen LogP contribution in [0.15, 0.2) is 53.3 Å². The maximum absolute atomic E-state index is 12.9. The van der Waals surface area contributed by atoms with E-state index in [9.17, 15) is 9.59 Å². The van der Waals surface area contributed by atoms with Crippen molar-refractivity contribution < 1.29 is 4.79 Å². The minimum Gasteiger partial charge on any atom is -0.344 e. The summed E-state index contributed by atoms with van der Waals surface area (Å²) >= 11 is 0. The van der Waals surface area contributed by atoms with Gasteiger partial charge >= 0.3 is 0 Å². The number of likely N-dealkylation sites (N-methyl/N-ethyl adjacent to an activating group) is 1. The van der Waals surface area contributed by atoms with E-state index in [0.717, 1.165) is 17.5 Å². The van der Waals surface area contributed by atoms with Gasteiger partial charge in [0.2, 0.25) is 5.91 Å². The zero-order valence-corrected chi connectivity index (χ0v) is 16.2. The Labute approximate surface area is 159 Å². The number of aromatic nitrogens is 1. The van der Waals surface area contributed by atoms with E-state index in [1.165, 1.54) is 0 Å². The molecule has 3 aromatic rings. The number of carbonyl (C=O) groups is 1. The molecule has 0 radical (unpaired) electrons. The van der Waals surface area contributed by atoms with Gasteiger partial charge in [-0.25, -0.2) is 0 Å². The number of benzene rings is 2. The molecule has 0 aliphatic rings. The van der Waals surface area contributed by atoms with Crippen molar-refractivity contribution in [2.45, 2.75) is 32.9 Å². The van der Waals surface area contributed by atoms with Crippen molar-refractivity contribution in [1.82, 2.24) is 9.47 Å². The minimum absolute atomic E-state index is 0.00107. The molecule has 0 aliphatic carbocycles. The molecule has 0 bridgehead atoms. The maximum Gasteiger partial charge on any atom is 0.242 e. The van der Waals surface area contributed by atoms with Crippen LogP contribution in [0, 0.1) is 5.92 Å². The summed E-state index contributed by atoms with van der Waals surface area (Å²) in [5, 5.41) is 1.27. The van der Waals surface area contributed by atoms with Gasteiger partial charge in [-0.2, -0.15) is 0 Å². The highest BCUT2D eigenvalue weighted by Gasteiger charge is 2.16. The Hall–Kier alpha value is -2.66. The third-order valence-electron chi connectivity index (χ3n) is 5.25. The molecule has 1 unspecified atom stereocenters. The second-order valence-corrected chi connectivity index (χ2v) is 7.46. The molecular formula is C22H27N3O2. The summed E-state index contributed by atoms with van der Waals surface area (Å²) in [4.78, 5) is 27.4. The summed E-state index contributed by atoms with van der Waals surface area (Å²) in [7, 11) is 1.81. The van der Waals surface area contributed by atoms with Crippen molar-refractivity contribution in [3.8, 4) is 0 Å². The SMILES string of the molecule is CC(C)C(N)CCN(C)C(=O)Cn1c2ccccc2c(=O)c2ccccc21. The van der Waals surface area contributed by atoms with E-state index in [0.29, 0.717) is 23.2 Å². The third kappa shape index (κ3) is 3.88. The molecule has 0 fully saturated rings. The lowest BCUT2D eigenvalue weighted by Crippen LogP contribution is -2.36. The number of rotatable bonds is 6. The Morgan fingerprint density at radius 3 is 2.07 bits per heavy atom. The van der Waals surface area contributed by atoms with Crippen LogP contribution in [-0.4, -0.2) is 35.0 Å². The first-order valence-electron chi connectivity index (χ1n) is 9.40. The molecule has 0 saturated heterocycles. The van der Waals surface area contributed by atoms with Gasteiger partial charge < -0.3 is 15.2 Å². The van der Waals surface area contributed by atoms with Crippen LogP contribution in [0.4, 0.5) is 0 Å². The predicted molar refractivity (Wildman–Crippen MR) is 111 cm³/mol. The topological polar surface area (TPSA) is 68.3 Å². The molecule has 0 aliphatic heterocycles. The van der Waals surface area contributed by atoms with E-state index in [4.69, 9.17) is 5.73 Å². The van der Waals surface area contributed by atoms with Crippen LogP contribution in [0.3, 0.4) is 0 Å². The lowest BCUT2D eigenvalue weighted by Gasteiger charge is -2.23. The summed E-state index contributed by atoms with van der Waals surface area (Å²) in [6.45, 7) is 4.99. The molecule has 3 rings (SSSR count). The van der Waals surface area contributed by atoms with Crippen LogP contribution >= 0.6 is 0 Å². The van der Waals surface area contributed by atoms with Gasteiger partial charge in [0.15, 0.2) is 5.43 Å². The molecule has 5 nitrogen and oxygen atoms in total. The van der Waals surface area contributed by atoms with E-state index in [1.807, 2.05) is 60.1 Å². The Bertz CT molecular complexity index is 963. The summed E-state index contributed by atoms with van der Waals surface area (Å²) < 4.78 is 1.94. The molecule has 1 amide bonds. The number of amides is 1. The summed E-state index contributed by atoms with van der Waals surface area (Å²) in [5.74, 6) is 0.394. The van der Waals surface area contributed by atoms with Gasteiger partial charge in [-0.15, -0.1) is 0 Å². The molecule has 2 aromatic carbocycles. The molecule has 1 aromatic heterocycles. The van der Waals surface area contributed by atoms with E-state index >= 15 is 0 Å². The van der Waals surface area contributed by atoms with Crippen LogP contribution in [0.25, 0.3) is 21.8 Å². The second kappa shape index (κ2) is 7.92. The van der Waals surface area contributed by atoms with Crippen molar-refractivity contribution in [1.29, 1.82) is 0 Å². The number of nitrogens with zero attached hydrogens (tertiary/aromatic N) is 2. The average Bonchev–Trinajstić information content (AvgIpc) is 2.68. The quantitative estimate of drug-likeness (QED) is 0.683. The molecule has 1 atom stereocenters. The lowest BCUT2D eigenvalue weighted by atomic mass is 10.0. The number of pyridine rings is 1. The molecule has 1 heterocycles. The van der Waals surface area contributed by atoms with Gasteiger partial charge in [-0.05, 0) is 36.6 Å². The zero-order chi connectivity index (χ0) is 19.6. The Balaban J connectivity index is 1.95. The van der Waals surface area contributed by atoms with Crippen LogP contribution in [0.1, 0.15) is 20.3 Å². The van der Waals surface area contributed by atoms with Crippen molar-refractivity contribution in [2.24, 2.45) is 11.7 Å². The molecule has 27 heavy (non-hydrogen) atoms. The standard InChI is InChI=1S/C22H27N3O2/c1-15(2)18(23)12-13-24(3)21(26)14-25-19-10-6-4-8-16(19)22(27)17-9-5-7-11-20(17)25/h4-11,15,18H,12-14,23H2,1-3H3. The van der Waals surface area contributed by atoms with Crippen molar-refractivity contribution in [3.63, 3.8) is 0 Å². The van der Waals surface area contributed by atoms with Gasteiger partial charge in [-0.3, -0.25) is 9.59 Å². The van der Waals surface area contributed by atoms with Gasteiger partial charge in [-0.1, -0.05) is 38.1 Å². The van der Waals surface area contributed by atoms with E-state index in [-0.39, 0.29) is 23.9 Å². The number of fused-ring (bicyclic) bond motifs is 2. The van der Waals surface area contributed by atoms with Gasteiger partial charge in [0.05, 0.1) is 11.0 Å². The first-order valence-corrected chi connectivity index (χ1v) is 9.40. The second-order valence-electron chi connectivity index (χ2n) is 7.46. The highest BCUT2D eigenvalue weighted by atomic mass is 16.2. The zero-order valence-electron chi connectivity index (χ0n) is 16.2. The molecule has 2 N–H and O–H groups in total. The fourth-order valence-corrected chi connectivity index (χ4v) is 3.30. The smallest absolute Gasteiger partial charge is 0.242 e. The van der Waals surface area contributed by atoms with Gasteiger partial charge in [0.1, 0.15) is 6.54 Å². The molecule has 0 saturated carbocycles. The average molecular weight is 365 g/mol. The van der Waals surface area contributed by atoms with Crippen LogP contribution in [-0.2, 0) is 11.3 Å². The molecule has 0 spiro atoms. The molecular weight excluding hydrogens is 338 g/mol. The number of para-hydroxylation sites is 2. The van der Waals surface area contributed by atoms with Crippen LogP contribution in [0.2, 0.25) is 0 Å². The fourth-order valence-electron chi connectivity index (χ4n) is 3.30. The normalized spacial score (nSPS) is 12.6. The molecule has 142 valence electrons. The first kappa shape index (κ1) is 19.1. The number of hydrogen-bond donors (Lipinski definition) is 1. The van der Waals surface area contributed by atoms with Gasteiger partial charge in [0, 0.05) is 30.4 Å². The Morgan fingerprint density at radius 2 is 1.56 bits per heavy atom. The highest BCUT2D eigenvalue weighted by Crippen LogP contribution is 2.19. The number of nitrogens with two attached hydrogens (primary N) is 1. The predicted octanol–water partition coefficient (Wildman–Crippen LogP) is 2.99. The van der Waals surface area contributed by atoms with Crippen LogP contribution < -0.4 is 11.2 Å². The Kier molecular flexibility index (Phi) is 5.61. The van der Waals surface area contributed by atoms with Crippen molar-refractivity contribution >= 4 is 27.7 Å². The molecule has 5 heteroatoms. The first-order chi connectivity index (χ1) is 12.9. The fraction of sp³-hybridized carbons (Fsp3) is 0.364. The summed E-state index contributed by atoms with van der Waals surface area (Å²) in [5.41, 5.74) is 7.67. The van der Waals surface area contributed by atoms with E-state index < -0.39 is 0 Å². The minimum atomic E-state index is 0.00107. The Morgan fingerprint density at radius 1 is 1.04 bits per heavy atom. The largest absolute Gasteiger partial charge is 0.344 e. The van der Waals surface area contributed by atoms with Crippen LogP contribution in [0.5, 0.6) is 0 Å². The van der Waals surface area contributed by atoms with E-state index in [2.05, 4.69) is 13.8 Å². The lowest BCUT2D eigenvalue weighted by molar-refractivity contribution is -0.130. The maximum atomic E-state index is 12.9. The number of carbonyl (C=O) groups excluding carboxylic acids is 1. The summed E-state index contributed by atoms with van der Waals surface area (Å²) in [6.07, 6.45) is 0.769. The summed E-state index contributed by atoms with van der Waals surface area (Å²) in [6, 6.07) is 15.0.